The molecule has 0 fully saturated rings. The lowest BCUT2D eigenvalue weighted by Crippen LogP contribution is -2.50. The first kappa shape index (κ1) is 15.7. The van der Waals surface area contributed by atoms with Crippen molar-refractivity contribution in [2.45, 2.75) is 39.3 Å². The first-order chi connectivity index (χ1) is 8.91. The molecular formula is C15H23NO3. The van der Waals surface area contributed by atoms with Crippen LogP contribution in [0.5, 0.6) is 5.75 Å². The summed E-state index contributed by atoms with van der Waals surface area (Å²) < 4.78 is 5.47. The van der Waals surface area contributed by atoms with Crippen molar-refractivity contribution in [3.05, 3.63) is 29.8 Å². The van der Waals surface area contributed by atoms with E-state index in [-0.39, 0.29) is 18.4 Å². The van der Waals surface area contributed by atoms with Crippen LogP contribution in [0, 0.1) is 0 Å². The molecular weight excluding hydrogens is 242 g/mol. The van der Waals surface area contributed by atoms with Gasteiger partial charge in [0.25, 0.3) is 0 Å². The number of rotatable bonds is 7. The standard InChI is InChI=1S/C15H23NO3/c1-5-19-13-9-7-6-8-12(13)14(18)11(2)16-15(3,4)10-17/h6-9,11,16-17H,5,10H2,1-4H3. The number of nitrogens with one attached hydrogen (secondary N) is 1. The fourth-order valence-electron chi connectivity index (χ4n) is 1.88. The molecule has 19 heavy (non-hydrogen) atoms. The third-order valence-corrected chi connectivity index (χ3v) is 2.85. The number of ether oxygens (including phenoxy) is 1. The first-order valence-corrected chi connectivity index (χ1v) is 6.56. The van der Waals surface area contributed by atoms with Gasteiger partial charge in [0.2, 0.25) is 0 Å². The van der Waals surface area contributed by atoms with Gasteiger partial charge in [-0.3, -0.25) is 4.79 Å². The zero-order valence-electron chi connectivity index (χ0n) is 12.1. The smallest absolute Gasteiger partial charge is 0.183 e. The predicted molar refractivity (Wildman–Crippen MR) is 75.7 cm³/mol. The normalized spacial score (nSPS) is 13.1. The number of hydrogen-bond acceptors (Lipinski definition) is 4. The third-order valence-electron chi connectivity index (χ3n) is 2.85. The monoisotopic (exact) mass is 265 g/mol. The highest BCUT2D eigenvalue weighted by atomic mass is 16.5. The maximum absolute atomic E-state index is 12.4. The average molecular weight is 265 g/mol. The van der Waals surface area contributed by atoms with Gasteiger partial charge in [-0.05, 0) is 39.8 Å². The fourth-order valence-corrected chi connectivity index (χ4v) is 1.88. The molecule has 1 atom stereocenters. The Morgan fingerprint density at radius 3 is 2.63 bits per heavy atom. The Bertz CT molecular complexity index is 429. The van der Waals surface area contributed by atoms with Crippen LogP contribution >= 0.6 is 0 Å². The highest BCUT2D eigenvalue weighted by Gasteiger charge is 2.25. The second-order valence-corrected chi connectivity index (χ2v) is 5.20. The first-order valence-electron chi connectivity index (χ1n) is 6.56. The van der Waals surface area contributed by atoms with Crippen LogP contribution in [0.25, 0.3) is 0 Å². The van der Waals surface area contributed by atoms with Crippen LogP contribution in [0.3, 0.4) is 0 Å². The molecule has 0 bridgehead atoms. The number of carbonyl (C=O) groups excluding carboxylic acids is 1. The third kappa shape index (κ3) is 4.33. The van der Waals surface area contributed by atoms with Gasteiger partial charge in [0, 0.05) is 5.54 Å². The molecule has 1 aromatic carbocycles. The summed E-state index contributed by atoms with van der Waals surface area (Å²) in [6.07, 6.45) is 0. The van der Waals surface area contributed by atoms with Gasteiger partial charge in [-0.1, -0.05) is 12.1 Å². The molecule has 0 radical (unpaired) electrons. The van der Waals surface area contributed by atoms with Crippen molar-refractivity contribution < 1.29 is 14.6 Å². The minimum atomic E-state index is -0.490. The van der Waals surface area contributed by atoms with Gasteiger partial charge in [-0.25, -0.2) is 0 Å². The lowest BCUT2D eigenvalue weighted by molar-refractivity contribution is 0.0908. The van der Waals surface area contributed by atoms with Crippen LogP contribution in [0.2, 0.25) is 0 Å². The molecule has 1 rings (SSSR count). The Morgan fingerprint density at radius 2 is 2.05 bits per heavy atom. The van der Waals surface area contributed by atoms with Gasteiger partial charge in [-0.15, -0.1) is 0 Å². The summed E-state index contributed by atoms with van der Waals surface area (Å²) in [6, 6.07) is 6.83. The van der Waals surface area contributed by atoms with Gasteiger partial charge in [0.15, 0.2) is 5.78 Å². The molecule has 0 saturated heterocycles. The molecule has 0 amide bonds. The summed E-state index contributed by atoms with van der Waals surface area (Å²) in [7, 11) is 0. The van der Waals surface area contributed by atoms with Crippen molar-refractivity contribution in [2.24, 2.45) is 0 Å². The minimum absolute atomic E-state index is 0.0300. The van der Waals surface area contributed by atoms with E-state index in [0.29, 0.717) is 17.9 Å². The van der Waals surface area contributed by atoms with E-state index in [0.717, 1.165) is 0 Å². The van der Waals surface area contributed by atoms with Crippen LogP contribution in [-0.2, 0) is 0 Å². The summed E-state index contributed by atoms with van der Waals surface area (Å²) in [4.78, 5) is 12.4. The Morgan fingerprint density at radius 1 is 1.42 bits per heavy atom. The summed E-state index contributed by atoms with van der Waals surface area (Å²) in [6.45, 7) is 7.88. The number of Topliss-reactive ketones (excluding diaryl/α,β-unsaturated/α-hetero) is 1. The topological polar surface area (TPSA) is 58.6 Å². The average Bonchev–Trinajstić information content (AvgIpc) is 2.38. The molecule has 0 spiro atoms. The Balaban J connectivity index is 2.88. The molecule has 0 aromatic heterocycles. The highest BCUT2D eigenvalue weighted by molar-refractivity contribution is 6.02. The van der Waals surface area contributed by atoms with Crippen molar-refractivity contribution in [3.8, 4) is 5.75 Å². The van der Waals surface area contributed by atoms with E-state index in [1.165, 1.54) is 0 Å². The summed E-state index contributed by atoms with van der Waals surface area (Å²) >= 11 is 0. The van der Waals surface area contributed by atoms with E-state index in [4.69, 9.17) is 4.74 Å². The van der Waals surface area contributed by atoms with Crippen molar-refractivity contribution in [3.63, 3.8) is 0 Å². The Kier molecular flexibility index (Phi) is 5.51. The minimum Gasteiger partial charge on any atom is -0.493 e. The quantitative estimate of drug-likeness (QED) is 0.741. The number of carbonyl (C=O) groups is 1. The molecule has 2 N–H and O–H groups in total. The molecule has 0 aliphatic heterocycles. The van der Waals surface area contributed by atoms with Gasteiger partial charge >= 0.3 is 0 Å². The van der Waals surface area contributed by atoms with Gasteiger partial charge in [-0.2, -0.15) is 0 Å². The van der Waals surface area contributed by atoms with E-state index < -0.39 is 5.54 Å². The lowest BCUT2D eigenvalue weighted by atomic mass is 10.00. The Labute approximate surface area is 114 Å². The number of benzene rings is 1. The Hall–Kier alpha value is -1.39. The molecule has 1 unspecified atom stereocenters. The zero-order chi connectivity index (χ0) is 14.5. The maximum atomic E-state index is 12.4. The zero-order valence-corrected chi connectivity index (χ0v) is 12.1. The highest BCUT2D eigenvalue weighted by Crippen LogP contribution is 2.20. The number of aliphatic hydroxyl groups is 1. The molecule has 0 heterocycles. The maximum Gasteiger partial charge on any atom is 0.183 e. The van der Waals surface area contributed by atoms with Crippen LogP contribution < -0.4 is 10.1 Å². The molecule has 0 saturated carbocycles. The van der Waals surface area contributed by atoms with E-state index in [9.17, 15) is 9.90 Å². The van der Waals surface area contributed by atoms with Crippen LogP contribution in [0.1, 0.15) is 38.1 Å². The molecule has 0 aliphatic rings. The van der Waals surface area contributed by atoms with Crippen molar-refractivity contribution in [1.82, 2.24) is 5.32 Å². The SMILES string of the molecule is CCOc1ccccc1C(=O)C(C)NC(C)(C)CO. The largest absolute Gasteiger partial charge is 0.493 e. The van der Waals surface area contributed by atoms with Crippen molar-refractivity contribution in [1.29, 1.82) is 0 Å². The van der Waals surface area contributed by atoms with Crippen LogP contribution in [-0.4, -0.2) is 35.7 Å². The van der Waals surface area contributed by atoms with E-state index in [1.807, 2.05) is 32.9 Å². The van der Waals surface area contributed by atoms with Gasteiger partial charge in [0.1, 0.15) is 5.75 Å². The molecule has 106 valence electrons. The predicted octanol–water partition coefficient (Wildman–Crippen LogP) is 2.02. The van der Waals surface area contributed by atoms with E-state index in [2.05, 4.69) is 5.32 Å². The van der Waals surface area contributed by atoms with Crippen molar-refractivity contribution in [2.75, 3.05) is 13.2 Å². The van der Waals surface area contributed by atoms with Gasteiger partial charge in [0.05, 0.1) is 24.8 Å². The number of para-hydroxylation sites is 1. The number of aliphatic hydroxyl groups excluding tert-OH is 1. The van der Waals surface area contributed by atoms with Gasteiger partial charge < -0.3 is 15.2 Å². The lowest BCUT2D eigenvalue weighted by Gasteiger charge is -2.27. The second-order valence-electron chi connectivity index (χ2n) is 5.20. The van der Waals surface area contributed by atoms with Crippen LogP contribution in [0.15, 0.2) is 24.3 Å². The molecule has 1 aromatic rings. The number of ketones is 1. The summed E-state index contributed by atoms with van der Waals surface area (Å²) in [5.41, 5.74) is 0.0772. The van der Waals surface area contributed by atoms with Crippen LogP contribution in [0.4, 0.5) is 0 Å². The molecule has 4 nitrogen and oxygen atoms in total. The fraction of sp³-hybridized carbons (Fsp3) is 0.533. The summed E-state index contributed by atoms with van der Waals surface area (Å²) in [5, 5.41) is 12.4. The summed E-state index contributed by atoms with van der Waals surface area (Å²) in [5.74, 6) is 0.566. The molecule has 4 heteroatoms. The number of hydrogen-bond donors (Lipinski definition) is 2. The van der Waals surface area contributed by atoms with E-state index >= 15 is 0 Å². The van der Waals surface area contributed by atoms with E-state index in [1.54, 1.807) is 19.1 Å². The second kappa shape index (κ2) is 6.68. The van der Waals surface area contributed by atoms with Crippen molar-refractivity contribution >= 4 is 5.78 Å². The molecule has 0 aliphatic carbocycles.